The van der Waals surface area contributed by atoms with Crippen molar-refractivity contribution in [2.45, 2.75) is 25.8 Å². The monoisotopic (exact) mass is 468 g/mol. The number of methoxy groups -OCH3 is 1. The summed E-state index contributed by atoms with van der Waals surface area (Å²) in [6.45, 7) is 1.71. The molecule has 0 saturated carbocycles. The number of carbonyl (C=O) groups excluding carboxylic acids is 1. The van der Waals surface area contributed by atoms with Gasteiger partial charge in [-0.25, -0.2) is 14.4 Å². The van der Waals surface area contributed by atoms with Crippen molar-refractivity contribution in [3.05, 3.63) is 85.5 Å². The van der Waals surface area contributed by atoms with Gasteiger partial charge in [-0.15, -0.1) is 0 Å². The first-order valence-electron chi connectivity index (χ1n) is 10.2. The lowest BCUT2D eigenvalue weighted by atomic mass is 9.99. The molecular weight excluding hydrogens is 448 g/mol. The van der Waals surface area contributed by atoms with Crippen LogP contribution in [0.25, 0.3) is 5.69 Å². The Labute approximate surface area is 193 Å². The zero-order valence-corrected chi connectivity index (χ0v) is 18.7. The molecule has 9 nitrogen and oxygen atoms in total. The summed E-state index contributed by atoms with van der Waals surface area (Å²) in [6.07, 6.45) is 0.379. The molecule has 170 valence electrons. The number of benzene rings is 2. The Morgan fingerprint density at radius 2 is 1.85 bits per heavy atom. The molecule has 1 atom stereocenters. The van der Waals surface area contributed by atoms with Crippen LogP contribution in [0.5, 0.6) is 11.6 Å². The maximum Gasteiger partial charge on any atom is 0.335 e. The van der Waals surface area contributed by atoms with Crippen LogP contribution < -0.4 is 16.0 Å². The quantitative estimate of drug-likeness (QED) is 0.597. The maximum atomic E-state index is 12.7. The van der Waals surface area contributed by atoms with E-state index in [-0.39, 0.29) is 30.0 Å². The molecule has 0 fully saturated rings. The van der Waals surface area contributed by atoms with E-state index in [1.807, 2.05) is 12.1 Å². The van der Waals surface area contributed by atoms with E-state index >= 15 is 0 Å². The summed E-state index contributed by atoms with van der Waals surface area (Å²) in [6, 6.07) is 12.9. The summed E-state index contributed by atoms with van der Waals surface area (Å²) < 4.78 is 6.16. The summed E-state index contributed by atoms with van der Waals surface area (Å²) in [5.41, 5.74) is -0.478. The lowest BCUT2D eigenvalue weighted by Gasteiger charge is -2.21. The van der Waals surface area contributed by atoms with Gasteiger partial charge in [0.2, 0.25) is 11.8 Å². The second-order valence-electron chi connectivity index (χ2n) is 7.40. The topological polar surface area (TPSA) is 117 Å². The highest BCUT2D eigenvalue weighted by atomic mass is 35.5. The lowest BCUT2D eigenvalue weighted by Crippen LogP contribution is -2.33. The average Bonchev–Trinajstić information content (AvgIpc) is 3.24. The number of hydrazone groups is 1. The van der Waals surface area contributed by atoms with Crippen LogP contribution in [0.4, 0.5) is 0 Å². The molecule has 3 aromatic rings. The van der Waals surface area contributed by atoms with Gasteiger partial charge in [-0.1, -0.05) is 30.7 Å². The predicted octanol–water partition coefficient (Wildman–Crippen LogP) is 2.98. The average molecular weight is 469 g/mol. The fourth-order valence-corrected chi connectivity index (χ4v) is 3.88. The minimum Gasteiger partial charge on any atom is -0.497 e. The van der Waals surface area contributed by atoms with Gasteiger partial charge in [0.1, 0.15) is 11.3 Å². The van der Waals surface area contributed by atoms with Crippen molar-refractivity contribution >= 4 is 23.2 Å². The van der Waals surface area contributed by atoms with Crippen LogP contribution in [0, 0.1) is 0 Å². The second-order valence-corrected chi connectivity index (χ2v) is 7.84. The number of amides is 1. The zero-order chi connectivity index (χ0) is 23.7. The minimum atomic E-state index is -0.810. The Morgan fingerprint density at radius 1 is 1.18 bits per heavy atom. The molecule has 0 spiro atoms. The van der Waals surface area contributed by atoms with Crippen molar-refractivity contribution in [1.29, 1.82) is 0 Å². The molecule has 0 saturated heterocycles. The highest BCUT2D eigenvalue weighted by molar-refractivity contribution is 6.30. The minimum absolute atomic E-state index is 0.172. The largest absolute Gasteiger partial charge is 0.497 e. The van der Waals surface area contributed by atoms with Gasteiger partial charge in [-0.3, -0.25) is 14.6 Å². The molecule has 4 rings (SSSR count). The molecule has 1 aromatic heterocycles. The van der Waals surface area contributed by atoms with Gasteiger partial charge in [0.15, 0.2) is 0 Å². The zero-order valence-electron chi connectivity index (χ0n) is 17.9. The van der Waals surface area contributed by atoms with E-state index < -0.39 is 23.2 Å². The van der Waals surface area contributed by atoms with Gasteiger partial charge in [0, 0.05) is 17.9 Å². The third-order valence-corrected chi connectivity index (χ3v) is 5.68. The third-order valence-electron chi connectivity index (χ3n) is 5.43. The van der Waals surface area contributed by atoms with Gasteiger partial charge in [0.05, 0.1) is 24.6 Å². The number of hydrogen-bond donors (Lipinski definition) is 2. The Hall–Kier alpha value is -3.85. The van der Waals surface area contributed by atoms with E-state index in [9.17, 15) is 19.5 Å². The van der Waals surface area contributed by atoms with Gasteiger partial charge in [-0.2, -0.15) is 5.10 Å². The summed E-state index contributed by atoms with van der Waals surface area (Å²) >= 11 is 5.92. The van der Waals surface area contributed by atoms with Crippen LogP contribution in [0.1, 0.15) is 36.9 Å². The van der Waals surface area contributed by atoms with Gasteiger partial charge in [-0.05, 0) is 42.0 Å². The number of aromatic hydroxyl groups is 1. The fourth-order valence-electron chi connectivity index (χ4n) is 3.75. The molecular formula is C23H21ClN4O5. The molecule has 2 aromatic carbocycles. The molecule has 0 bridgehead atoms. The molecule has 2 N–H and O–H groups in total. The number of nitrogens with one attached hydrogen (secondary N) is 1. The van der Waals surface area contributed by atoms with Crippen molar-refractivity contribution in [1.82, 2.24) is 14.6 Å². The number of hydrogen-bond acceptors (Lipinski definition) is 6. The van der Waals surface area contributed by atoms with Crippen LogP contribution in [-0.4, -0.2) is 38.4 Å². The van der Waals surface area contributed by atoms with E-state index in [0.29, 0.717) is 16.5 Å². The van der Waals surface area contributed by atoms with Crippen molar-refractivity contribution in [2.75, 3.05) is 7.11 Å². The maximum absolute atomic E-state index is 12.7. The number of H-pyrrole nitrogens is 1. The summed E-state index contributed by atoms with van der Waals surface area (Å²) in [7, 11) is 1.56. The normalized spacial score (nSPS) is 15.4. The molecule has 0 aliphatic carbocycles. The summed E-state index contributed by atoms with van der Waals surface area (Å²) in [5, 5.41) is 17.1. The molecule has 33 heavy (non-hydrogen) atoms. The first-order valence-corrected chi connectivity index (χ1v) is 10.6. The highest BCUT2D eigenvalue weighted by Crippen LogP contribution is 2.35. The Kier molecular flexibility index (Phi) is 6.06. The number of aromatic nitrogens is 2. The summed E-state index contributed by atoms with van der Waals surface area (Å²) in [5.74, 6) is -0.146. The van der Waals surface area contributed by atoms with Crippen molar-refractivity contribution in [2.24, 2.45) is 5.10 Å². The van der Waals surface area contributed by atoms with E-state index in [1.165, 1.54) is 17.1 Å². The smallest absolute Gasteiger partial charge is 0.335 e. The van der Waals surface area contributed by atoms with E-state index in [0.717, 1.165) is 10.1 Å². The standard InChI is InChI=1S/C23H21ClN4O5/c1-3-19(29)28-18(13-4-10-16(33-2)11-5-13)12-17(26-28)20-21(30)25-23(32)27(22(20)31)15-8-6-14(24)7-9-15/h4-11,18,31H,3,12H2,1-2H3,(H,25,30,32). The molecule has 10 heteroatoms. The Morgan fingerprint density at radius 3 is 2.45 bits per heavy atom. The van der Waals surface area contributed by atoms with Crippen LogP contribution in [-0.2, 0) is 4.79 Å². The van der Waals surface area contributed by atoms with E-state index in [1.54, 1.807) is 38.3 Å². The Balaban J connectivity index is 1.81. The van der Waals surface area contributed by atoms with Crippen molar-refractivity contribution in [3.8, 4) is 17.3 Å². The van der Waals surface area contributed by atoms with E-state index in [4.69, 9.17) is 16.3 Å². The number of carbonyl (C=O) groups is 1. The first kappa shape index (κ1) is 22.3. The summed E-state index contributed by atoms with van der Waals surface area (Å²) in [4.78, 5) is 40.0. The van der Waals surface area contributed by atoms with Crippen LogP contribution in [0.2, 0.25) is 5.02 Å². The SMILES string of the molecule is CCC(=O)N1N=C(c2c(O)n(-c3ccc(Cl)cc3)c(=O)[nH]c2=O)CC1c1ccc(OC)cc1. The van der Waals surface area contributed by atoms with Gasteiger partial charge >= 0.3 is 5.69 Å². The molecule has 1 amide bonds. The highest BCUT2D eigenvalue weighted by Gasteiger charge is 2.35. The molecule has 0 radical (unpaired) electrons. The van der Waals surface area contributed by atoms with Gasteiger partial charge < -0.3 is 9.84 Å². The predicted molar refractivity (Wildman–Crippen MR) is 123 cm³/mol. The lowest BCUT2D eigenvalue weighted by molar-refractivity contribution is -0.132. The Bertz CT molecular complexity index is 1340. The van der Waals surface area contributed by atoms with Crippen molar-refractivity contribution < 1.29 is 14.6 Å². The number of rotatable bonds is 5. The molecule has 1 aliphatic rings. The van der Waals surface area contributed by atoms with Gasteiger partial charge in [0.25, 0.3) is 5.56 Å². The van der Waals surface area contributed by atoms with Crippen LogP contribution in [0.15, 0.2) is 63.2 Å². The molecule has 1 unspecified atom stereocenters. The number of aromatic amines is 1. The fraction of sp³-hybridized carbons (Fsp3) is 0.217. The third kappa shape index (κ3) is 4.14. The van der Waals surface area contributed by atoms with Crippen LogP contribution >= 0.6 is 11.6 Å². The second kappa shape index (κ2) is 8.95. The molecule has 1 aliphatic heterocycles. The van der Waals surface area contributed by atoms with Crippen molar-refractivity contribution in [3.63, 3.8) is 0 Å². The number of ether oxygens (including phenoxy) is 1. The molecule has 2 heterocycles. The number of nitrogens with zero attached hydrogens (tertiary/aromatic N) is 3. The van der Waals surface area contributed by atoms with Crippen LogP contribution in [0.3, 0.4) is 0 Å². The van der Waals surface area contributed by atoms with E-state index in [2.05, 4.69) is 10.1 Å². The first-order chi connectivity index (χ1) is 15.8. The number of halogens is 1.